The SMILES string of the molecule is CC(C)CC(=O)N1CCC[C@H](NC(=O)OC(C)(C)C)C1. The van der Waals surface area contributed by atoms with Gasteiger partial charge in [0.15, 0.2) is 0 Å². The molecule has 5 nitrogen and oxygen atoms in total. The molecule has 116 valence electrons. The van der Waals surface area contributed by atoms with Crippen LogP contribution in [0.1, 0.15) is 53.9 Å². The van der Waals surface area contributed by atoms with E-state index >= 15 is 0 Å². The summed E-state index contributed by atoms with van der Waals surface area (Å²) in [7, 11) is 0. The monoisotopic (exact) mass is 284 g/mol. The number of hydrogen-bond donors (Lipinski definition) is 1. The summed E-state index contributed by atoms with van der Waals surface area (Å²) in [5, 5.41) is 2.86. The van der Waals surface area contributed by atoms with Crippen LogP contribution in [0.4, 0.5) is 4.79 Å². The fraction of sp³-hybridized carbons (Fsp3) is 0.867. The van der Waals surface area contributed by atoms with Crippen LogP contribution in [0, 0.1) is 5.92 Å². The Balaban J connectivity index is 2.45. The molecule has 0 aromatic carbocycles. The van der Waals surface area contributed by atoms with Crippen LogP contribution in [-0.2, 0) is 9.53 Å². The number of likely N-dealkylation sites (tertiary alicyclic amines) is 1. The van der Waals surface area contributed by atoms with Gasteiger partial charge in [0.2, 0.25) is 5.91 Å². The van der Waals surface area contributed by atoms with Crippen LogP contribution >= 0.6 is 0 Å². The number of piperidine rings is 1. The number of nitrogens with one attached hydrogen (secondary N) is 1. The summed E-state index contributed by atoms with van der Waals surface area (Å²) >= 11 is 0. The smallest absolute Gasteiger partial charge is 0.407 e. The molecule has 1 N–H and O–H groups in total. The van der Waals surface area contributed by atoms with Gasteiger partial charge in [0.1, 0.15) is 5.60 Å². The maximum absolute atomic E-state index is 12.1. The molecule has 0 radical (unpaired) electrons. The molecule has 0 aliphatic carbocycles. The lowest BCUT2D eigenvalue weighted by atomic mass is 10.0. The predicted molar refractivity (Wildman–Crippen MR) is 78.4 cm³/mol. The van der Waals surface area contributed by atoms with Gasteiger partial charge < -0.3 is 15.0 Å². The molecular formula is C15H28N2O3. The first-order valence-electron chi connectivity index (χ1n) is 7.44. The lowest BCUT2D eigenvalue weighted by Gasteiger charge is -2.34. The highest BCUT2D eigenvalue weighted by molar-refractivity contribution is 5.76. The summed E-state index contributed by atoms with van der Waals surface area (Å²) in [6, 6.07) is -0.00490. The molecule has 0 unspecified atom stereocenters. The first-order chi connectivity index (χ1) is 9.17. The number of carbonyl (C=O) groups is 2. The second-order valence-corrected chi connectivity index (χ2v) is 6.92. The number of hydrogen-bond acceptors (Lipinski definition) is 3. The zero-order valence-electron chi connectivity index (χ0n) is 13.4. The largest absolute Gasteiger partial charge is 0.444 e. The summed E-state index contributed by atoms with van der Waals surface area (Å²) < 4.78 is 5.25. The third kappa shape index (κ3) is 6.26. The first-order valence-corrected chi connectivity index (χ1v) is 7.44. The molecule has 0 spiro atoms. The molecule has 0 saturated carbocycles. The Morgan fingerprint density at radius 1 is 1.35 bits per heavy atom. The van der Waals surface area contributed by atoms with E-state index in [1.807, 2.05) is 39.5 Å². The molecule has 0 aromatic heterocycles. The van der Waals surface area contributed by atoms with Gasteiger partial charge >= 0.3 is 6.09 Å². The number of amides is 2. The molecule has 0 aromatic rings. The van der Waals surface area contributed by atoms with Crippen molar-refractivity contribution in [1.82, 2.24) is 10.2 Å². The Bertz CT molecular complexity index is 348. The van der Waals surface area contributed by atoms with E-state index in [9.17, 15) is 9.59 Å². The van der Waals surface area contributed by atoms with Gasteiger partial charge in [-0.05, 0) is 39.5 Å². The number of carbonyl (C=O) groups excluding carboxylic acids is 2. The Kier molecular flexibility index (Phi) is 5.84. The first kappa shape index (κ1) is 16.8. The molecule has 5 heteroatoms. The summed E-state index contributed by atoms with van der Waals surface area (Å²) in [6.45, 7) is 11.0. The molecule has 1 aliphatic heterocycles. The Morgan fingerprint density at radius 3 is 2.55 bits per heavy atom. The summed E-state index contributed by atoms with van der Waals surface area (Å²) in [5.41, 5.74) is -0.494. The van der Waals surface area contributed by atoms with Gasteiger partial charge in [-0.3, -0.25) is 4.79 Å². The number of rotatable bonds is 3. The van der Waals surface area contributed by atoms with Crippen molar-refractivity contribution in [1.29, 1.82) is 0 Å². The van der Waals surface area contributed by atoms with Crippen molar-refractivity contribution in [2.75, 3.05) is 13.1 Å². The van der Waals surface area contributed by atoms with Crippen LogP contribution in [0.15, 0.2) is 0 Å². The van der Waals surface area contributed by atoms with E-state index in [-0.39, 0.29) is 11.9 Å². The highest BCUT2D eigenvalue weighted by atomic mass is 16.6. The lowest BCUT2D eigenvalue weighted by Crippen LogP contribution is -2.50. The van der Waals surface area contributed by atoms with Crippen LogP contribution in [0.3, 0.4) is 0 Å². The molecule has 0 bridgehead atoms. The highest BCUT2D eigenvalue weighted by Gasteiger charge is 2.26. The zero-order valence-corrected chi connectivity index (χ0v) is 13.4. The quantitative estimate of drug-likeness (QED) is 0.866. The van der Waals surface area contributed by atoms with E-state index in [0.29, 0.717) is 18.9 Å². The standard InChI is InChI=1S/C15H28N2O3/c1-11(2)9-13(18)17-8-6-7-12(10-17)16-14(19)20-15(3,4)5/h11-12H,6-10H2,1-5H3,(H,16,19)/t12-/m0/s1. The minimum atomic E-state index is -0.494. The van der Waals surface area contributed by atoms with Crippen LogP contribution in [0.5, 0.6) is 0 Å². The third-order valence-electron chi connectivity index (χ3n) is 3.08. The van der Waals surface area contributed by atoms with Gasteiger partial charge in [0, 0.05) is 25.6 Å². The van der Waals surface area contributed by atoms with Crippen molar-refractivity contribution in [2.45, 2.75) is 65.5 Å². The molecule has 20 heavy (non-hydrogen) atoms. The summed E-state index contributed by atoms with van der Waals surface area (Å²) in [4.78, 5) is 25.6. The van der Waals surface area contributed by atoms with E-state index < -0.39 is 11.7 Å². The molecule has 1 fully saturated rings. The minimum absolute atomic E-state index is 0.00490. The van der Waals surface area contributed by atoms with Crippen LogP contribution in [-0.4, -0.2) is 41.6 Å². The molecular weight excluding hydrogens is 256 g/mol. The van der Waals surface area contributed by atoms with Crippen LogP contribution in [0.2, 0.25) is 0 Å². The van der Waals surface area contributed by atoms with Gasteiger partial charge in [-0.25, -0.2) is 4.79 Å². The van der Waals surface area contributed by atoms with Crippen molar-refractivity contribution >= 4 is 12.0 Å². The fourth-order valence-electron chi connectivity index (χ4n) is 2.27. The lowest BCUT2D eigenvalue weighted by molar-refractivity contribution is -0.133. The summed E-state index contributed by atoms with van der Waals surface area (Å²) in [5.74, 6) is 0.539. The average Bonchev–Trinajstić information content (AvgIpc) is 2.25. The number of ether oxygens (including phenoxy) is 1. The van der Waals surface area contributed by atoms with E-state index in [4.69, 9.17) is 4.74 Å². The van der Waals surface area contributed by atoms with Crippen LogP contribution < -0.4 is 5.32 Å². The van der Waals surface area contributed by atoms with Crippen LogP contribution in [0.25, 0.3) is 0 Å². The topological polar surface area (TPSA) is 58.6 Å². The van der Waals surface area contributed by atoms with E-state index in [0.717, 1.165) is 19.4 Å². The predicted octanol–water partition coefficient (Wildman–Crippen LogP) is 2.55. The molecule has 2 amide bonds. The van der Waals surface area contributed by atoms with Crippen molar-refractivity contribution < 1.29 is 14.3 Å². The van der Waals surface area contributed by atoms with Crippen molar-refractivity contribution in [3.05, 3.63) is 0 Å². The Morgan fingerprint density at radius 2 is 2.00 bits per heavy atom. The van der Waals surface area contributed by atoms with Gasteiger partial charge in [-0.15, -0.1) is 0 Å². The molecule has 1 aliphatic rings. The second kappa shape index (κ2) is 6.95. The van der Waals surface area contributed by atoms with Crippen molar-refractivity contribution in [3.63, 3.8) is 0 Å². The number of nitrogens with zero attached hydrogens (tertiary/aromatic N) is 1. The van der Waals surface area contributed by atoms with Crippen molar-refractivity contribution in [2.24, 2.45) is 5.92 Å². The normalized spacial score (nSPS) is 19.9. The number of alkyl carbamates (subject to hydrolysis) is 1. The van der Waals surface area contributed by atoms with Gasteiger partial charge in [-0.1, -0.05) is 13.8 Å². The maximum atomic E-state index is 12.1. The minimum Gasteiger partial charge on any atom is -0.444 e. The third-order valence-corrected chi connectivity index (χ3v) is 3.08. The van der Waals surface area contributed by atoms with E-state index in [2.05, 4.69) is 5.32 Å². The Labute approximate surface area is 122 Å². The fourth-order valence-corrected chi connectivity index (χ4v) is 2.27. The second-order valence-electron chi connectivity index (χ2n) is 6.92. The average molecular weight is 284 g/mol. The zero-order chi connectivity index (χ0) is 15.3. The van der Waals surface area contributed by atoms with E-state index in [1.54, 1.807) is 0 Å². The van der Waals surface area contributed by atoms with Crippen molar-refractivity contribution in [3.8, 4) is 0 Å². The maximum Gasteiger partial charge on any atom is 0.407 e. The van der Waals surface area contributed by atoms with E-state index in [1.165, 1.54) is 0 Å². The molecule has 1 heterocycles. The molecule has 1 atom stereocenters. The highest BCUT2D eigenvalue weighted by Crippen LogP contribution is 2.14. The molecule has 1 rings (SSSR count). The van der Waals surface area contributed by atoms with Gasteiger partial charge in [0.05, 0.1) is 0 Å². The Hall–Kier alpha value is -1.26. The van der Waals surface area contributed by atoms with Gasteiger partial charge in [-0.2, -0.15) is 0 Å². The molecule has 1 saturated heterocycles. The van der Waals surface area contributed by atoms with Gasteiger partial charge in [0.25, 0.3) is 0 Å². The summed E-state index contributed by atoms with van der Waals surface area (Å²) in [6.07, 6.45) is 1.98.